The summed E-state index contributed by atoms with van der Waals surface area (Å²) in [5.74, 6) is 1.68. The molecule has 0 saturated heterocycles. The van der Waals surface area contributed by atoms with Gasteiger partial charge in [0.15, 0.2) is 0 Å². The maximum atomic E-state index is 4.29. The fourth-order valence-electron chi connectivity index (χ4n) is 2.93. The van der Waals surface area contributed by atoms with Crippen molar-refractivity contribution in [1.82, 2.24) is 15.1 Å². The molecule has 1 fully saturated rings. The van der Waals surface area contributed by atoms with Gasteiger partial charge in [0, 0.05) is 24.8 Å². The fourth-order valence-corrected chi connectivity index (χ4v) is 2.93. The zero-order valence-electron chi connectivity index (χ0n) is 10.6. The number of nitrogens with one attached hydrogen (secondary N) is 1. The van der Waals surface area contributed by atoms with Gasteiger partial charge in [-0.15, -0.1) is 0 Å². The predicted octanol–water partition coefficient (Wildman–Crippen LogP) is 2.51. The molecule has 0 radical (unpaired) electrons. The Bertz CT molecular complexity index is 332. The van der Waals surface area contributed by atoms with Crippen molar-refractivity contribution in [2.75, 3.05) is 6.54 Å². The molecule has 2 rings (SSSR count). The summed E-state index contributed by atoms with van der Waals surface area (Å²) in [5, 5.41) is 7.91. The third-order valence-electron chi connectivity index (χ3n) is 3.71. The number of nitrogens with zero attached hydrogens (tertiary/aromatic N) is 2. The molecule has 3 heteroatoms. The highest BCUT2D eigenvalue weighted by Crippen LogP contribution is 2.38. The highest BCUT2D eigenvalue weighted by atomic mass is 15.2. The van der Waals surface area contributed by atoms with Gasteiger partial charge in [-0.2, -0.15) is 5.10 Å². The number of hydrogen-bond donors (Lipinski definition) is 1. The summed E-state index contributed by atoms with van der Waals surface area (Å²) in [7, 11) is 1.99. The first-order valence-corrected chi connectivity index (χ1v) is 6.42. The minimum atomic E-state index is 0.503. The van der Waals surface area contributed by atoms with Crippen LogP contribution in [0.25, 0.3) is 0 Å². The van der Waals surface area contributed by atoms with Crippen molar-refractivity contribution in [3.05, 3.63) is 18.0 Å². The quantitative estimate of drug-likeness (QED) is 0.846. The van der Waals surface area contributed by atoms with Gasteiger partial charge in [0.2, 0.25) is 0 Å². The van der Waals surface area contributed by atoms with Gasteiger partial charge in [-0.25, -0.2) is 0 Å². The van der Waals surface area contributed by atoms with Crippen LogP contribution in [0.5, 0.6) is 0 Å². The van der Waals surface area contributed by atoms with Crippen molar-refractivity contribution < 1.29 is 0 Å². The topological polar surface area (TPSA) is 29.9 Å². The van der Waals surface area contributed by atoms with Crippen LogP contribution in [0.2, 0.25) is 0 Å². The van der Waals surface area contributed by atoms with Crippen molar-refractivity contribution in [3.8, 4) is 0 Å². The molecule has 1 N–H and O–H groups in total. The zero-order chi connectivity index (χ0) is 11.5. The summed E-state index contributed by atoms with van der Waals surface area (Å²) in [6.07, 6.45) is 8.25. The van der Waals surface area contributed by atoms with Crippen LogP contribution in [0, 0.1) is 11.8 Å². The van der Waals surface area contributed by atoms with E-state index >= 15 is 0 Å². The Balaban J connectivity index is 2.10. The summed E-state index contributed by atoms with van der Waals surface area (Å²) >= 11 is 0. The molecule has 1 heterocycles. The van der Waals surface area contributed by atoms with Gasteiger partial charge in [0.25, 0.3) is 0 Å². The standard InChI is InChI=1S/C13H23N3/c1-4-14-13(11-6-5-10(2)7-11)12-8-15-16(3)9-12/h8-11,13-14H,4-7H2,1-3H3. The number of hydrogen-bond acceptors (Lipinski definition) is 2. The highest BCUT2D eigenvalue weighted by molar-refractivity contribution is 5.12. The third-order valence-corrected chi connectivity index (χ3v) is 3.71. The molecule has 90 valence electrons. The van der Waals surface area contributed by atoms with Crippen LogP contribution < -0.4 is 5.32 Å². The molecular weight excluding hydrogens is 198 g/mol. The molecule has 0 aliphatic heterocycles. The van der Waals surface area contributed by atoms with Crippen LogP contribution >= 0.6 is 0 Å². The Kier molecular flexibility index (Phi) is 3.64. The van der Waals surface area contributed by atoms with E-state index in [1.54, 1.807) is 0 Å². The molecule has 3 nitrogen and oxygen atoms in total. The molecule has 1 aromatic rings. The van der Waals surface area contributed by atoms with Gasteiger partial charge in [-0.3, -0.25) is 4.68 Å². The Labute approximate surface area is 98.2 Å². The highest BCUT2D eigenvalue weighted by Gasteiger charge is 2.29. The van der Waals surface area contributed by atoms with E-state index in [4.69, 9.17) is 0 Å². The monoisotopic (exact) mass is 221 g/mol. The Hall–Kier alpha value is -0.830. The van der Waals surface area contributed by atoms with E-state index < -0.39 is 0 Å². The van der Waals surface area contributed by atoms with E-state index in [1.807, 2.05) is 17.9 Å². The third kappa shape index (κ3) is 2.46. The molecule has 1 aliphatic carbocycles. The lowest BCUT2D eigenvalue weighted by Gasteiger charge is -2.23. The van der Waals surface area contributed by atoms with Gasteiger partial charge in [0.1, 0.15) is 0 Å². The van der Waals surface area contributed by atoms with Crippen molar-refractivity contribution >= 4 is 0 Å². The number of aryl methyl sites for hydroxylation is 1. The predicted molar refractivity (Wildman–Crippen MR) is 66.1 cm³/mol. The molecule has 1 aliphatic rings. The van der Waals surface area contributed by atoms with Crippen LogP contribution in [-0.2, 0) is 7.05 Å². The summed E-state index contributed by atoms with van der Waals surface area (Å²) in [6.45, 7) is 5.58. The van der Waals surface area contributed by atoms with Crippen LogP contribution in [0.4, 0.5) is 0 Å². The normalized spacial score (nSPS) is 27.2. The maximum absolute atomic E-state index is 4.29. The van der Waals surface area contributed by atoms with E-state index in [-0.39, 0.29) is 0 Å². The lowest BCUT2D eigenvalue weighted by atomic mass is 9.92. The molecule has 0 amide bonds. The lowest BCUT2D eigenvalue weighted by molar-refractivity contribution is 0.365. The first-order valence-electron chi connectivity index (χ1n) is 6.42. The smallest absolute Gasteiger partial charge is 0.0537 e. The van der Waals surface area contributed by atoms with Gasteiger partial charge in [0.05, 0.1) is 6.20 Å². The van der Waals surface area contributed by atoms with Crippen LogP contribution in [0.1, 0.15) is 44.7 Å². The summed E-state index contributed by atoms with van der Waals surface area (Å²) in [4.78, 5) is 0. The molecule has 0 spiro atoms. The van der Waals surface area contributed by atoms with Gasteiger partial charge in [-0.1, -0.05) is 20.3 Å². The SMILES string of the molecule is CCNC(c1cnn(C)c1)C1CCC(C)C1. The second-order valence-electron chi connectivity index (χ2n) is 5.16. The minimum absolute atomic E-state index is 0.503. The second kappa shape index (κ2) is 5.00. The fraction of sp³-hybridized carbons (Fsp3) is 0.769. The molecule has 1 saturated carbocycles. The molecule has 3 unspecified atom stereocenters. The van der Waals surface area contributed by atoms with Gasteiger partial charge in [-0.05, 0) is 31.2 Å². The van der Waals surface area contributed by atoms with Crippen molar-refractivity contribution in [1.29, 1.82) is 0 Å². The molecule has 0 aromatic carbocycles. The van der Waals surface area contributed by atoms with E-state index in [2.05, 4.69) is 30.5 Å². The average molecular weight is 221 g/mol. The Morgan fingerprint density at radius 3 is 2.88 bits per heavy atom. The van der Waals surface area contributed by atoms with Crippen molar-refractivity contribution in [2.24, 2.45) is 18.9 Å². The van der Waals surface area contributed by atoms with Crippen molar-refractivity contribution in [3.63, 3.8) is 0 Å². The van der Waals surface area contributed by atoms with Gasteiger partial charge >= 0.3 is 0 Å². The number of aromatic nitrogens is 2. The van der Waals surface area contributed by atoms with Crippen LogP contribution in [-0.4, -0.2) is 16.3 Å². The van der Waals surface area contributed by atoms with E-state index in [1.165, 1.54) is 24.8 Å². The second-order valence-corrected chi connectivity index (χ2v) is 5.16. The molecule has 16 heavy (non-hydrogen) atoms. The van der Waals surface area contributed by atoms with Crippen LogP contribution in [0.3, 0.4) is 0 Å². The molecule has 0 bridgehead atoms. The Morgan fingerprint density at radius 2 is 2.38 bits per heavy atom. The molecule has 3 atom stereocenters. The first-order chi connectivity index (χ1) is 7.70. The molecular formula is C13H23N3. The molecule has 1 aromatic heterocycles. The Morgan fingerprint density at radius 1 is 1.56 bits per heavy atom. The van der Waals surface area contributed by atoms with E-state index in [0.717, 1.165) is 18.4 Å². The van der Waals surface area contributed by atoms with E-state index in [9.17, 15) is 0 Å². The lowest BCUT2D eigenvalue weighted by Crippen LogP contribution is -2.26. The van der Waals surface area contributed by atoms with Crippen molar-refractivity contribution in [2.45, 2.75) is 39.2 Å². The maximum Gasteiger partial charge on any atom is 0.0537 e. The van der Waals surface area contributed by atoms with Crippen LogP contribution in [0.15, 0.2) is 12.4 Å². The average Bonchev–Trinajstić information content (AvgIpc) is 2.84. The number of rotatable bonds is 4. The van der Waals surface area contributed by atoms with E-state index in [0.29, 0.717) is 6.04 Å². The summed E-state index contributed by atoms with van der Waals surface area (Å²) in [5.41, 5.74) is 1.35. The zero-order valence-corrected chi connectivity index (χ0v) is 10.6. The van der Waals surface area contributed by atoms with Gasteiger partial charge < -0.3 is 5.32 Å². The summed E-state index contributed by atoms with van der Waals surface area (Å²) in [6, 6.07) is 0.503. The summed E-state index contributed by atoms with van der Waals surface area (Å²) < 4.78 is 1.90. The minimum Gasteiger partial charge on any atom is -0.310 e. The largest absolute Gasteiger partial charge is 0.310 e. The first kappa shape index (κ1) is 11.6.